The second kappa shape index (κ2) is 7.56. The van der Waals surface area contributed by atoms with Gasteiger partial charge < -0.3 is 19.3 Å². The quantitative estimate of drug-likeness (QED) is 0.749. The molecular weight excluding hydrogens is 274 g/mol. The number of aromatic nitrogens is 1. The minimum absolute atomic E-state index is 0.231. The van der Waals surface area contributed by atoms with Gasteiger partial charge in [0.1, 0.15) is 6.61 Å². The molecule has 0 saturated carbocycles. The molecule has 0 saturated heterocycles. The van der Waals surface area contributed by atoms with Crippen molar-refractivity contribution < 1.29 is 24.1 Å². The van der Waals surface area contributed by atoms with Gasteiger partial charge in [0.15, 0.2) is 0 Å². The molecule has 0 unspecified atom stereocenters. The van der Waals surface area contributed by atoms with Crippen LogP contribution in [-0.4, -0.2) is 49.6 Å². The van der Waals surface area contributed by atoms with Crippen LogP contribution in [0.5, 0.6) is 5.88 Å². The van der Waals surface area contributed by atoms with Crippen LogP contribution in [0.25, 0.3) is 10.9 Å². The molecule has 0 fully saturated rings. The van der Waals surface area contributed by atoms with Crippen molar-refractivity contribution in [1.29, 1.82) is 0 Å². The van der Waals surface area contributed by atoms with E-state index < -0.39 is 5.97 Å². The average molecular weight is 291 g/mol. The van der Waals surface area contributed by atoms with Gasteiger partial charge in [-0.25, -0.2) is 9.78 Å². The third-order valence-electron chi connectivity index (χ3n) is 2.85. The van der Waals surface area contributed by atoms with E-state index in [4.69, 9.17) is 19.3 Å². The van der Waals surface area contributed by atoms with Crippen molar-refractivity contribution in [2.45, 2.75) is 0 Å². The molecule has 0 spiro atoms. The summed E-state index contributed by atoms with van der Waals surface area (Å²) in [4.78, 5) is 15.4. The molecule has 6 nitrogen and oxygen atoms in total. The second-order valence-corrected chi connectivity index (χ2v) is 4.28. The fourth-order valence-corrected chi connectivity index (χ4v) is 1.85. The van der Waals surface area contributed by atoms with E-state index >= 15 is 0 Å². The molecule has 0 aliphatic carbocycles. The number of nitrogens with zero attached hydrogens (tertiary/aromatic N) is 1. The van der Waals surface area contributed by atoms with E-state index in [0.717, 1.165) is 0 Å². The summed E-state index contributed by atoms with van der Waals surface area (Å²) in [7, 11) is 1.62. The monoisotopic (exact) mass is 291 g/mol. The lowest BCUT2D eigenvalue weighted by Crippen LogP contribution is -2.10. The Morgan fingerprint density at radius 3 is 2.71 bits per heavy atom. The lowest BCUT2D eigenvalue weighted by molar-refractivity contribution is 0.0537. The zero-order chi connectivity index (χ0) is 15.1. The highest BCUT2D eigenvalue weighted by atomic mass is 16.5. The van der Waals surface area contributed by atoms with Gasteiger partial charge in [0.2, 0.25) is 5.88 Å². The number of ether oxygens (including phenoxy) is 3. The summed E-state index contributed by atoms with van der Waals surface area (Å²) >= 11 is 0. The summed E-state index contributed by atoms with van der Waals surface area (Å²) in [6.07, 6.45) is 0. The summed E-state index contributed by atoms with van der Waals surface area (Å²) < 4.78 is 15.6. The number of methoxy groups -OCH3 is 1. The van der Waals surface area contributed by atoms with Crippen LogP contribution in [0, 0.1) is 0 Å². The van der Waals surface area contributed by atoms with Crippen LogP contribution in [0.2, 0.25) is 0 Å². The van der Waals surface area contributed by atoms with Crippen LogP contribution in [0.4, 0.5) is 0 Å². The van der Waals surface area contributed by atoms with Crippen molar-refractivity contribution in [3.8, 4) is 5.88 Å². The molecule has 112 valence electrons. The second-order valence-electron chi connectivity index (χ2n) is 4.28. The number of hydrogen-bond acceptors (Lipinski definition) is 5. The number of benzene rings is 1. The van der Waals surface area contributed by atoms with Gasteiger partial charge in [0.25, 0.3) is 0 Å². The first kappa shape index (κ1) is 15.2. The Morgan fingerprint density at radius 2 is 1.95 bits per heavy atom. The van der Waals surface area contributed by atoms with Crippen molar-refractivity contribution in [3.05, 3.63) is 35.9 Å². The number of hydrogen-bond donors (Lipinski definition) is 1. The van der Waals surface area contributed by atoms with Gasteiger partial charge in [-0.05, 0) is 18.2 Å². The fraction of sp³-hybridized carbons (Fsp3) is 0.333. The Kier molecular flexibility index (Phi) is 5.48. The number of aromatic carboxylic acids is 1. The Morgan fingerprint density at radius 1 is 1.14 bits per heavy atom. The standard InChI is InChI=1S/C15H17NO5/c1-19-7-8-20-9-10-21-14-6-5-11-12(15(17)18)3-2-4-13(11)16-14/h2-6H,7-10H2,1H3,(H,17,18). The van der Waals surface area contributed by atoms with Crippen LogP contribution < -0.4 is 4.74 Å². The van der Waals surface area contributed by atoms with Crippen LogP contribution in [0.3, 0.4) is 0 Å². The fourth-order valence-electron chi connectivity index (χ4n) is 1.85. The molecular formula is C15H17NO5. The van der Waals surface area contributed by atoms with E-state index in [1.54, 1.807) is 37.4 Å². The summed E-state index contributed by atoms with van der Waals surface area (Å²) in [6.45, 7) is 1.89. The van der Waals surface area contributed by atoms with Gasteiger partial charge in [-0.15, -0.1) is 0 Å². The third-order valence-corrected chi connectivity index (χ3v) is 2.85. The topological polar surface area (TPSA) is 77.9 Å². The van der Waals surface area contributed by atoms with Crippen molar-refractivity contribution in [3.63, 3.8) is 0 Å². The number of carboxylic acids is 1. The molecule has 1 heterocycles. The predicted molar refractivity (Wildman–Crippen MR) is 76.9 cm³/mol. The van der Waals surface area contributed by atoms with Crippen LogP contribution in [-0.2, 0) is 9.47 Å². The minimum Gasteiger partial charge on any atom is -0.478 e. The largest absolute Gasteiger partial charge is 0.478 e. The molecule has 2 aromatic rings. The SMILES string of the molecule is COCCOCCOc1ccc2c(C(=O)O)cccc2n1. The maximum absolute atomic E-state index is 11.1. The maximum Gasteiger partial charge on any atom is 0.336 e. The van der Waals surface area contributed by atoms with E-state index in [9.17, 15) is 4.79 Å². The Hall–Kier alpha value is -2.18. The summed E-state index contributed by atoms with van der Waals surface area (Å²) in [5.41, 5.74) is 0.821. The molecule has 0 amide bonds. The van der Waals surface area contributed by atoms with Crippen LogP contribution >= 0.6 is 0 Å². The first-order valence-electron chi connectivity index (χ1n) is 6.55. The summed E-state index contributed by atoms with van der Waals surface area (Å²) in [5.74, 6) is -0.525. The Balaban J connectivity index is 1.98. The summed E-state index contributed by atoms with van der Waals surface area (Å²) in [6, 6.07) is 8.33. The lowest BCUT2D eigenvalue weighted by Gasteiger charge is -2.08. The van der Waals surface area contributed by atoms with Crippen LogP contribution in [0.1, 0.15) is 10.4 Å². The van der Waals surface area contributed by atoms with Gasteiger partial charge >= 0.3 is 5.97 Å². The highest BCUT2D eigenvalue weighted by molar-refractivity contribution is 6.02. The Labute approximate surface area is 122 Å². The molecule has 0 aliphatic rings. The molecule has 0 atom stereocenters. The summed E-state index contributed by atoms with van der Waals surface area (Å²) in [5, 5.41) is 9.70. The zero-order valence-corrected chi connectivity index (χ0v) is 11.7. The maximum atomic E-state index is 11.1. The first-order valence-corrected chi connectivity index (χ1v) is 6.55. The molecule has 2 rings (SSSR count). The molecule has 1 aromatic heterocycles. The van der Waals surface area contributed by atoms with Gasteiger partial charge in [0, 0.05) is 18.6 Å². The van der Waals surface area contributed by atoms with Gasteiger partial charge in [0.05, 0.1) is 30.9 Å². The Bertz CT molecular complexity index is 614. The van der Waals surface area contributed by atoms with Crippen molar-refractivity contribution in [2.24, 2.45) is 0 Å². The highest BCUT2D eigenvalue weighted by Crippen LogP contribution is 2.20. The minimum atomic E-state index is -0.970. The van der Waals surface area contributed by atoms with Crippen molar-refractivity contribution in [1.82, 2.24) is 4.98 Å². The van der Waals surface area contributed by atoms with Crippen molar-refractivity contribution >= 4 is 16.9 Å². The van der Waals surface area contributed by atoms with E-state index in [0.29, 0.717) is 43.2 Å². The zero-order valence-electron chi connectivity index (χ0n) is 11.7. The number of pyridine rings is 1. The van der Waals surface area contributed by atoms with Crippen molar-refractivity contribution in [2.75, 3.05) is 33.5 Å². The molecule has 6 heteroatoms. The van der Waals surface area contributed by atoms with Gasteiger partial charge in [-0.2, -0.15) is 0 Å². The predicted octanol–water partition coefficient (Wildman–Crippen LogP) is 1.97. The number of fused-ring (bicyclic) bond motifs is 1. The third kappa shape index (κ3) is 4.14. The molecule has 1 N–H and O–H groups in total. The highest BCUT2D eigenvalue weighted by Gasteiger charge is 2.09. The van der Waals surface area contributed by atoms with E-state index in [1.807, 2.05) is 0 Å². The first-order chi connectivity index (χ1) is 10.2. The van der Waals surface area contributed by atoms with Gasteiger partial charge in [-0.1, -0.05) is 6.07 Å². The smallest absolute Gasteiger partial charge is 0.336 e. The number of carboxylic acid groups (broad SMARTS) is 1. The number of carbonyl (C=O) groups is 1. The normalized spacial score (nSPS) is 10.7. The molecule has 1 aromatic carbocycles. The molecule has 0 radical (unpaired) electrons. The molecule has 21 heavy (non-hydrogen) atoms. The average Bonchev–Trinajstić information content (AvgIpc) is 2.49. The van der Waals surface area contributed by atoms with E-state index in [2.05, 4.69) is 4.98 Å². The van der Waals surface area contributed by atoms with E-state index in [1.165, 1.54) is 0 Å². The molecule has 0 aliphatic heterocycles. The van der Waals surface area contributed by atoms with Gasteiger partial charge in [-0.3, -0.25) is 0 Å². The number of rotatable bonds is 8. The lowest BCUT2D eigenvalue weighted by atomic mass is 10.1. The van der Waals surface area contributed by atoms with Crippen LogP contribution in [0.15, 0.2) is 30.3 Å². The molecule has 0 bridgehead atoms. The van der Waals surface area contributed by atoms with E-state index in [-0.39, 0.29) is 5.56 Å².